The molecule has 0 spiro atoms. The summed E-state index contributed by atoms with van der Waals surface area (Å²) in [6.45, 7) is 6.10. The maximum atomic E-state index is 13.2. The summed E-state index contributed by atoms with van der Waals surface area (Å²) in [5.41, 5.74) is 0.834. The molecule has 1 aliphatic rings. The second kappa shape index (κ2) is 5.97. The molecule has 1 aromatic rings. The molecule has 1 fully saturated rings. The molecule has 3 unspecified atom stereocenters. The average molecular weight is 268 g/mol. The lowest BCUT2D eigenvalue weighted by Crippen LogP contribution is -2.52. The molecule has 1 N–H and O–H groups in total. The first kappa shape index (κ1) is 14.4. The highest BCUT2D eigenvalue weighted by molar-refractivity contribution is 5.18. The summed E-state index contributed by atoms with van der Waals surface area (Å²) in [7, 11) is 2.00. The molecule has 1 aromatic carbocycles. The van der Waals surface area contributed by atoms with Crippen LogP contribution < -0.4 is 5.32 Å². The number of halogens is 2. The zero-order valence-electron chi connectivity index (χ0n) is 11.8. The lowest BCUT2D eigenvalue weighted by Gasteiger charge is -2.42. The monoisotopic (exact) mass is 268 g/mol. The third-order valence-corrected chi connectivity index (χ3v) is 4.44. The summed E-state index contributed by atoms with van der Waals surface area (Å²) >= 11 is 0. The normalized spacial score (nSPS) is 28.6. The maximum absolute atomic E-state index is 13.2. The first-order valence-corrected chi connectivity index (χ1v) is 6.88. The van der Waals surface area contributed by atoms with Crippen LogP contribution in [0.3, 0.4) is 0 Å². The molecule has 0 bridgehead atoms. The molecule has 0 aromatic heterocycles. The van der Waals surface area contributed by atoms with Gasteiger partial charge in [-0.05, 0) is 44.0 Å². The second-order valence-electron chi connectivity index (χ2n) is 5.50. The number of likely N-dealkylation sites (tertiary alicyclic amines) is 1. The zero-order chi connectivity index (χ0) is 14.0. The van der Waals surface area contributed by atoms with E-state index in [4.69, 9.17) is 0 Å². The lowest BCUT2D eigenvalue weighted by molar-refractivity contribution is 0.0810. The van der Waals surface area contributed by atoms with Gasteiger partial charge in [-0.25, -0.2) is 8.78 Å². The second-order valence-corrected chi connectivity index (χ2v) is 5.50. The molecular formula is C15H22F2N2. The minimum absolute atomic E-state index is 0.430. The molecule has 1 aliphatic heterocycles. The third kappa shape index (κ3) is 3.12. The highest BCUT2D eigenvalue weighted by Gasteiger charge is 2.31. The maximum Gasteiger partial charge on any atom is 0.159 e. The van der Waals surface area contributed by atoms with E-state index >= 15 is 0 Å². The fraction of sp³-hybridized carbons (Fsp3) is 0.600. The van der Waals surface area contributed by atoms with Crippen LogP contribution in [0.15, 0.2) is 18.2 Å². The van der Waals surface area contributed by atoms with E-state index in [0.29, 0.717) is 24.5 Å². The van der Waals surface area contributed by atoms with E-state index in [1.165, 1.54) is 12.1 Å². The first-order valence-electron chi connectivity index (χ1n) is 6.88. The predicted octanol–water partition coefficient (Wildman–Crippen LogP) is 2.78. The van der Waals surface area contributed by atoms with Crippen LogP contribution in [0.25, 0.3) is 0 Å². The molecule has 0 saturated carbocycles. The molecule has 2 rings (SSSR count). The van der Waals surface area contributed by atoms with Crippen molar-refractivity contribution in [1.29, 1.82) is 0 Å². The van der Waals surface area contributed by atoms with Crippen molar-refractivity contribution in [3.63, 3.8) is 0 Å². The van der Waals surface area contributed by atoms with Crippen LogP contribution in [0, 0.1) is 17.6 Å². The van der Waals surface area contributed by atoms with E-state index in [-0.39, 0.29) is 0 Å². The average Bonchev–Trinajstić information content (AvgIpc) is 2.40. The third-order valence-electron chi connectivity index (χ3n) is 4.44. The van der Waals surface area contributed by atoms with Crippen molar-refractivity contribution in [1.82, 2.24) is 10.2 Å². The summed E-state index contributed by atoms with van der Waals surface area (Å²) < 4.78 is 26.1. The number of nitrogens with zero attached hydrogens (tertiary/aromatic N) is 1. The van der Waals surface area contributed by atoms with Gasteiger partial charge in [0.25, 0.3) is 0 Å². The Morgan fingerprint density at radius 3 is 2.63 bits per heavy atom. The molecule has 0 amide bonds. The summed E-state index contributed by atoms with van der Waals surface area (Å²) in [5.74, 6) is -0.994. The van der Waals surface area contributed by atoms with Gasteiger partial charge >= 0.3 is 0 Å². The Hall–Kier alpha value is -1.00. The van der Waals surface area contributed by atoms with Gasteiger partial charge < -0.3 is 5.32 Å². The van der Waals surface area contributed by atoms with Crippen molar-refractivity contribution in [2.45, 2.75) is 38.9 Å². The molecule has 0 aliphatic carbocycles. The molecule has 19 heavy (non-hydrogen) atoms. The molecule has 2 nitrogen and oxygen atoms in total. The van der Waals surface area contributed by atoms with E-state index < -0.39 is 11.6 Å². The minimum Gasteiger partial charge on any atom is -0.317 e. The fourth-order valence-electron chi connectivity index (χ4n) is 2.94. The van der Waals surface area contributed by atoms with Crippen LogP contribution in [-0.2, 0) is 6.54 Å². The van der Waals surface area contributed by atoms with Crippen LogP contribution in [0.5, 0.6) is 0 Å². The van der Waals surface area contributed by atoms with Gasteiger partial charge in [-0.15, -0.1) is 0 Å². The topological polar surface area (TPSA) is 15.3 Å². The molecule has 1 saturated heterocycles. The van der Waals surface area contributed by atoms with E-state index in [9.17, 15) is 8.78 Å². The Morgan fingerprint density at radius 2 is 2.00 bits per heavy atom. The van der Waals surface area contributed by atoms with Gasteiger partial charge in [-0.2, -0.15) is 0 Å². The van der Waals surface area contributed by atoms with Crippen LogP contribution in [0.1, 0.15) is 25.8 Å². The molecule has 1 heterocycles. The fourth-order valence-corrected chi connectivity index (χ4v) is 2.94. The molecular weight excluding hydrogens is 246 g/mol. The van der Waals surface area contributed by atoms with Gasteiger partial charge in [-0.3, -0.25) is 4.90 Å². The largest absolute Gasteiger partial charge is 0.317 e. The van der Waals surface area contributed by atoms with Gasteiger partial charge in [0, 0.05) is 25.2 Å². The highest BCUT2D eigenvalue weighted by Crippen LogP contribution is 2.25. The van der Waals surface area contributed by atoms with Crippen LogP contribution in [0.2, 0.25) is 0 Å². The molecule has 0 radical (unpaired) electrons. The zero-order valence-corrected chi connectivity index (χ0v) is 11.8. The Labute approximate surface area is 113 Å². The summed E-state index contributed by atoms with van der Waals surface area (Å²) in [5, 5.41) is 3.35. The van der Waals surface area contributed by atoms with Gasteiger partial charge in [0.15, 0.2) is 11.6 Å². The Kier molecular flexibility index (Phi) is 4.53. The Bertz CT molecular complexity index is 436. The number of rotatable bonds is 3. The number of benzene rings is 1. The van der Waals surface area contributed by atoms with Crippen molar-refractivity contribution in [3.05, 3.63) is 35.4 Å². The van der Waals surface area contributed by atoms with E-state index in [1.54, 1.807) is 6.07 Å². The van der Waals surface area contributed by atoms with Gasteiger partial charge in [0.1, 0.15) is 0 Å². The van der Waals surface area contributed by atoms with Gasteiger partial charge in [-0.1, -0.05) is 13.0 Å². The Balaban J connectivity index is 2.05. The quantitative estimate of drug-likeness (QED) is 0.907. The van der Waals surface area contributed by atoms with E-state index in [1.807, 2.05) is 7.05 Å². The van der Waals surface area contributed by atoms with Crippen molar-refractivity contribution in [3.8, 4) is 0 Å². The van der Waals surface area contributed by atoms with Crippen molar-refractivity contribution < 1.29 is 8.78 Å². The van der Waals surface area contributed by atoms with Crippen molar-refractivity contribution in [2.24, 2.45) is 5.92 Å². The molecule has 3 atom stereocenters. The number of nitrogens with one attached hydrogen (secondary N) is 1. The van der Waals surface area contributed by atoms with E-state index in [2.05, 4.69) is 24.1 Å². The van der Waals surface area contributed by atoms with Crippen LogP contribution in [0.4, 0.5) is 8.78 Å². The lowest BCUT2D eigenvalue weighted by atomic mass is 9.87. The van der Waals surface area contributed by atoms with Crippen LogP contribution in [-0.4, -0.2) is 30.6 Å². The highest BCUT2D eigenvalue weighted by atomic mass is 19.2. The predicted molar refractivity (Wildman–Crippen MR) is 72.9 cm³/mol. The first-order chi connectivity index (χ1) is 9.02. The van der Waals surface area contributed by atoms with Crippen molar-refractivity contribution in [2.75, 3.05) is 13.6 Å². The number of hydrogen-bond donors (Lipinski definition) is 1. The Morgan fingerprint density at radius 1 is 1.26 bits per heavy atom. The summed E-state index contributed by atoms with van der Waals surface area (Å²) in [6.07, 6.45) is 1.09. The van der Waals surface area contributed by atoms with Gasteiger partial charge in [0.05, 0.1) is 0 Å². The van der Waals surface area contributed by atoms with Crippen molar-refractivity contribution >= 4 is 0 Å². The summed E-state index contributed by atoms with van der Waals surface area (Å²) in [4.78, 5) is 2.34. The van der Waals surface area contributed by atoms with Gasteiger partial charge in [0.2, 0.25) is 0 Å². The number of piperidine rings is 1. The smallest absolute Gasteiger partial charge is 0.159 e. The standard InChI is InChI=1S/C15H22F2N2/c1-10-11(2)19(7-6-15(10)18-3)9-12-4-5-13(16)14(17)8-12/h4-5,8,10-11,15,18H,6-7,9H2,1-3H3. The molecule has 106 valence electrons. The number of hydrogen-bond acceptors (Lipinski definition) is 2. The SMILES string of the molecule is CNC1CCN(Cc2ccc(F)c(F)c2)C(C)C1C. The molecule has 4 heteroatoms. The summed E-state index contributed by atoms with van der Waals surface area (Å²) in [6, 6.07) is 5.14. The van der Waals surface area contributed by atoms with Crippen LogP contribution >= 0.6 is 0 Å². The van der Waals surface area contributed by atoms with E-state index in [0.717, 1.165) is 18.5 Å². The minimum atomic E-state index is -0.779.